The average molecular weight is 213 g/mol. The Morgan fingerprint density at radius 2 is 2.20 bits per heavy atom. The fourth-order valence-corrected chi connectivity index (χ4v) is 2.37. The highest BCUT2D eigenvalue weighted by molar-refractivity contribution is 4.81. The number of hydrogen-bond acceptors (Lipinski definition) is 3. The van der Waals surface area contributed by atoms with Crippen molar-refractivity contribution in [3.8, 4) is 0 Å². The van der Waals surface area contributed by atoms with Crippen LogP contribution in [0.4, 0.5) is 0 Å². The molecule has 2 rings (SSSR count). The molecule has 2 fully saturated rings. The van der Waals surface area contributed by atoms with Gasteiger partial charge in [0.2, 0.25) is 0 Å². The van der Waals surface area contributed by atoms with Crippen molar-refractivity contribution in [3.63, 3.8) is 0 Å². The van der Waals surface area contributed by atoms with E-state index in [1.165, 1.54) is 19.3 Å². The first kappa shape index (κ1) is 11.4. The van der Waals surface area contributed by atoms with E-state index in [2.05, 4.69) is 5.32 Å². The van der Waals surface area contributed by atoms with Crippen LogP contribution in [0.2, 0.25) is 0 Å². The van der Waals surface area contributed by atoms with Crippen molar-refractivity contribution in [1.29, 1.82) is 0 Å². The Bertz CT molecular complexity index is 176. The van der Waals surface area contributed by atoms with Gasteiger partial charge in [-0.3, -0.25) is 0 Å². The van der Waals surface area contributed by atoms with Crippen molar-refractivity contribution in [1.82, 2.24) is 5.32 Å². The summed E-state index contributed by atoms with van der Waals surface area (Å²) in [7, 11) is 0. The van der Waals surface area contributed by atoms with Gasteiger partial charge in [-0.1, -0.05) is 0 Å². The van der Waals surface area contributed by atoms with Gasteiger partial charge in [-0.25, -0.2) is 0 Å². The summed E-state index contributed by atoms with van der Waals surface area (Å²) in [5.74, 6) is 1.03. The van der Waals surface area contributed by atoms with E-state index in [9.17, 15) is 5.11 Å². The minimum Gasteiger partial charge on any atom is -0.396 e. The second kappa shape index (κ2) is 5.83. The maximum Gasteiger partial charge on any atom is 0.0497 e. The van der Waals surface area contributed by atoms with Gasteiger partial charge in [-0.15, -0.1) is 0 Å². The third-order valence-corrected chi connectivity index (χ3v) is 3.62. The molecule has 2 atom stereocenters. The molecule has 3 nitrogen and oxygen atoms in total. The maximum absolute atomic E-state index is 9.38. The van der Waals surface area contributed by atoms with E-state index in [1.807, 2.05) is 0 Å². The molecule has 0 radical (unpaired) electrons. The molecule has 0 spiro atoms. The Morgan fingerprint density at radius 1 is 1.33 bits per heavy atom. The van der Waals surface area contributed by atoms with Crippen LogP contribution in [0.3, 0.4) is 0 Å². The number of aliphatic hydroxyl groups excluding tert-OH is 1. The van der Waals surface area contributed by atoms with E-state index in [0.717, 1.165) is 38.6 Å². The van der Waals surface area contributed by atoms with E-state index >= 15 is 0 Å². The van der Waals surface area contributed by atoms with Crippen LogP contribution in [-0.2, 0) is 4.74 Å². The average Bonchev–Trinajstić information content (AvgIpc) is 3.10. The van der Waals surface area contributed by atoms with Crippen LogP contribution in [0, 0.1) is 11.8 Å². The van der Waals surface area contributed by atoms with Crippen LogP contribution < -0.4 is 5.32 Å². The second-order valence-corrected chi connectivity index (χ2v) is 4.94. The minimum atomic E-state index is 0.320. The summed E-state index contributed by atoms with van der Waals surface area (Å²) >= 11 is 0. The predicted octanol–water partition coefficient (Wildman–Crippen LogP) is 1.16. The van der Waals surface area contributed by atoms with Crippen molar-refractivity contribution in [2.24, 2.45) is 11.8 Å². The van der Waals surface area contributed by atoms with Crippen LogP contribution in [0.5, 0.6) is 0 Å². The van der Waals surface area contributed by atoms with Gasteiger partial charge in [0.25, 0.3) is 0 Å². The van der Waals surface area contributed by atoms with Gasteiger partial charge in [0.05, 0.1) is 0 Å². The zero-order valence-corrected chi connectivity index (χ0v) is 9.45. The highest BCUT2D eigenvalue weighted by Crippen LogP contribution is 2.25. The Hall–Kier alpha value is -0.120. The van der Waals surface area contributed by atoms with E-state index in [1.54, 1.807) is 0 Å². The molecule has 2 N–H and O–H groups in total. The van der Waals surface area contributed by atoms with E-state index in [4.69, 9.17) is 4.74 Å². The lowest BCUT2D eigenvalue weighted by atomic mass is 9.86. The van der Waals surface area contributed by atoms with E-state index in [0.29, 0.717) is 18.4 Å². The Kier molecular flexibility index (Phi) is 4.42. The summed E-state index contributed by atoms with van der Waals surface area (Å²) in [5, 5.41) is 12.9. The molecule has 1 aliphatic carbocycles. The van der Waals surface area contributed by atoms with Crippen LogP contribution in [0.25, 0.3) is 0 Å². The van der Waals surface area contributed by atoms with Gasteiger partial charge in [0.1, 0.15) is 0 Å². The van der Waals surface area contributed by atoms with Gasteiger partial charge in [0, 0.05) is 25.9 Å². The molecule has 15 heavy (non-hydrogen) atoms. The molecule has 0 bridgehead atoms. The van der Waals surface area contributed by atoms with Crippen molar-refractivity contribution in [3.05, 3.63) is 0 Å². The number of rotatable bonds is 6. The fourth-order valence-electron chi connectivity index (χ4n) is 2.37. The minimum absolute atomic E-state index is 0.320. The number of nitrogens with one attached hydrogen (secondary N) is 1. The largest absolute Gasteiger partial charge is 0.396 e. The van der Waals surface area contributed by atoms with Crippen LogP contribution in [0.1, 0.15) is 32.1 Å². The zero-order valence-electron chi connectivity index (χ0n) is 9.45. The molecule has 2 aliphatic rings. The van der Waals surface area contributed by atoms with E-state index < -0.39 is 0 Å². The number of aliphatic hydroxyl groups is 1. The monoisotopic (exact) mass is 213 g/mol. The SMILES string of the molecule is OCC(CCNC1CC1)C1CCCOC1. The Morgan fingerprint density at radius 3 is 2.80 bits per heavy atom. The van der Waals surface area contributed by atoms with Gasteiger partial charge >= 0.3 is 0 Å². The van der Waals surface area contributed by atoms with Crippen LogP contribution in [0.15, 0.2) is 0 Å². The summed E-state index contributed by atoms with van der Waals surface area (Å²) in [6.07, 6.45) is 6.18. The van der Waals surface area contributed by atoms with Crippen molar-refractivity contribution in [2.75, 3.05) is 26.4 Å². The summed E-state index contributed by atoms with van der Waals surface area (Å²) in [6.45, 7) is 3.15. The molecule has 88 valence electrons. The maximum atomic E-state index is 9.38. The Labute approximate surface area is 92.2 Å². The molecular formula is C12H23NO2. The lowest BCUT2D eigenvalue weighted by Gasteiger charge is -2.29. The summed E-state index contributed by atoms with van der Waals surface area (Å²) in [5.41, 5.74) is 0. The lowest BCUT2D eigenvalue weighted by molar-refractivity contribution is 0.0143. The van der Waals surface area contributed by atoms with Crippen molar-refractivity contribution >= 4 is 0 Å². The van der Waals surface area contributed by atoms with Crippen LogP contribution >= 0.6 is 0 Å². The van der Waals surface area contributed by atoms with Crippen LogP contribution in [-0.4, -0.2) is 37.5 Å². The molecule has 0 aromatic carbocycles. The molecule has 0 aromatic heterocycles. The molecular weight excluding hydrogens is 190 g/mol. The Balaban J connectivity index is 1.64. The molecule has 1 aliphatic heterocycles. The topological polar surface area (TPSA) is 41.5 Å². The summed E-state index contributed by atoms with van der Waals surface area (Å²) in [6, 6.07) is 0.784. The molecule has 2 unspecified atom stereocenters. The smallest absolute Gasteiger partial charge is 0.0497 e. The van der Waals surface area contributed by atoms with Gasteiger partial charge < -0.3 is 15.2 Å². The molecule has 0 aromatic rings. The lowest BCUT2D eigenvalue weighted by Crippen LogP contribution is -2.30. The highest BCUT2D eigenvalue weighted by atomic mass is 16.5. The van der Waals surface area contributed by atoms with E-state index in [-0.39, 0.29) is 0 Å². The fraction of sp³-hybridized carbons (Fsp3) is 1.00. The molecule has 1 saturated heterocycles. The highest BCUT2D eigenvalue weighted by Gasteiger charge is 2.25. The third kappa shape index (κ3) is 3.74. The summed E-state index contributed by atoms with van der Waals surface area (Å²) < 4.78 is 5.47. The van der Waals surface area contributed by atoms with Gasteiger partial charge in [-0.05, 0) is 50.5 Å². The second-order valence-electron chi connectivity index (χ2n) is 4.94. The molecule has 3 heteroatoms. The van der Waals surface area contributed by atoms with Gasteiger partial charge in [0.15, 0.2) is 0 Å². The third-order valence-electron chi connectivity index (χ3n) is 3.62. The zero-order chi connectivity index (χ0) is 10.5. The number of hydrogen-bond donors (Lipinski definition) is 2. The first-order valence-corrected chi connectivity index (χ1v) is 6.32. The number of ether oxygens (including phenoxy) is 1. The quantitative estimate of drug-likeness (QED) is 0.696. The summed E-state index contributed by atoms with van der Waals surface area (Å²) in [4.78, 5) is 0. The first-order chi connectivity index (χ1) is 7.40. The van der Waals surface area contributed by atoms with Crippen molar-refractivity contribution in [2.45, 2.75) is 38.1 Å². The standard InChI is InChI=1S/C12H23NO2/c14-8-10(5-6-13-12-3-4-12)11-2-1-7-15-9-11/h10-14H,1-9H2. The molecule has 0 amide bonds. The predicted molar refractivity (Wildman–Crippen MR) is 59.8 cm³/mol. The normalized spacial score (nSPS) is 29.0. The van der Waals surface area contributed by atoms with Gasteiger partial charge in [-0.2, -0.15) is 0 Å². The van der Waals surface area contributed by atoms with Crippen molar-refractivity contribution < 1.29 is 9.84 Å². The first-order valence-electron chi connectivity index (χ1n) is 6.32. The molecule has 1 heterocycles. The molecule has 1 saturated carbocycles.